The summed E-state index contributed by atoms with van der Waals surface area (Å²) >= 11 is 0. The molecular weight excluding hydrogens is 243 g/mol. The summed E-state index contributed by atoms with van der Waals surface area (Å²) in [5.41, 5.74) is 2.29. The van der Waals surface area contributed by atoms with Crippen molar-refractivity contribution in [2.24, 2.45) is 0 Å². The van der Waals surface area contributed by atoms with Gasteiger partial charge in [-0.05, 0) is 18.9 Å². The molecule has 2 rings (SSSR count). The first-order valence-corrected chi connectivity index (χ1v) is 4.85. The summed E-state index contributed by atoms with van der Waals surface area (Å²) in [6.45, 7) is 0. The number of nitrogen functional groups attached to an aromatic ring is 1. The molecule has 1 aliphatic carbocycles. The van der Waals surface area contributed by atoms with Crippen LogP contribution in [0.2, 0.25) is 0 Å². The third kappa shape index (κ3) is 2.01. The van der Waals surface area contributed by atoms with Crippen molar-refractivity contribution in [2.45, 2.75) is 24.6 Å². The summed E-state index contributed by atoms with van der Waals surface area (Å²) in [6.07, 6.45) is -4.73. The maximum absolute atomic E-state index is 13.0. The number of alkyl halides is 3. The number of hydrogen-bond donors (Lipinski definition) is 2. The summed E-state index contributed by atoms with van der Waals surface area (Å²) in [5, 5.41) is 2.09. The number of halogens is 5. The highest BCUT2D eigenvalue weighted by Crippen LogP contribution is 2.51. The zero-order valence-corrected chi connectivity index (χ0v) is 8.54. The van der Waals surface area contributed by atoms with Gasteiger partial charge < -0.3 is 11.1 Å². The van der Waals surface area contributed by atoms with Crippen LogP contribution < -0.4 is 11.1 Å². The Morgan fingerprint density at radius 3 is 2.24 bits per heavy atom. The highest BCUT2D eigenvalue weighted by atomic mass is 19.4. The van der Waals surface area contributed by atoms with Gasteiger partial charge in [-0.15, -0.1) is 0 Å². The molecule has 94 valence electrons. The third-order valence-corrected chi connectivity index (χ3v) is 2.76. The van der Waals surface area contributed by atoms with Crippen LogP contribution >= 0.6 is 0 Å². The van der Waals surface area contributed by atoms with Gasteiger partial charge in [0, 0.05) is 6.07 Å². The van der Waals surface area contributed by atoms with Crippen LogP contribution in [0.15, 0.2) is 12.1 Å². The van der Waals surface area contributed by atoms with Gasteiger partial charge in [-0.3, -0.25) is 0 Å². The molecule has 0 unspecified atom stereocenters. The van der Waals surface area contributed by atoms with Crippen LogP contribution in [-0.2, 0) is 0 Å². The van der Waals surface area contributed by atoms with Gasteiger partial charge in [-0.1, -0.05) is 0 Å². The van der Waals surface area contributed by atoms with Crippen molar-refractivity contribution in [3.8, 4) is 0 Å². The Morgan fingerprint density at radius 1 is 1.18 bits per heavy atom. The Balaban J connectivity index is 2.32. The van der Waals surface area contributed by atoms with Gasteiger partial charge in [0.15, 0.2) is 5.82 Å². The largest absolute Gasteiger partial charge is 0.411 e. The van der Waals surface area contributed by atoms with Crippen molar-refractivity contribution in [3.63, 3.8) is 0 Å². The molecule has 0 aromatic heterocycles. The summed E-state index contributed by atoms with van der Waals surface area (Å²) in [5.74, 6) is -2.05. The first-order chi connectivity index (χ1) is 7.75. The van der Waals surface area contributed by atoms with Crippen molar-refractivity contribution in [3.05, 3.63) is 23.8 Å². The summed E-state index contributed by atoms with van der Waals surface area (Å²) in [7, 11) is 0. The number of hydrogen-bond acceptors (Lipinski definition) is 2. The maximum Gasteiger partial charge on any atom is 0.411 e. The number of rotatable bonds is 2. The van der Waals surface area contributed by atoms with Crippen molar-refractivity contribution in [1.82, 2.24) is 0 Å². The molecule has 1 aliphatic rings. The van der Waals surface area contributed by atoms with Crippen molar-refractivity contribution >= 4 is 11.4 Å². The standard InChI is InChI=1S/C10H9F5N2/c11-5-3-6(12)8(16)7(4-5)17-9(1-2-9)10(13,14)15/h3-4,17H,1-2,16H2. The van der Waals surface area contributed by atoms with E-state index < -0.39 is 29.0 Å². The average molecular weight is 252 g/mol. The predicted octanol–water partition coefficient (Wildman–Crippen LogP) is 3.05. The normalized spacial score (nSPS) is 17.9. The zero-order chi connectivity index (χ0) is 12.8. The lowest BCUT2D eigenvalue weighted by Gasteiger charge is -2.22. The van der Waals surface area contributed by atoms with Crippen molar-refractivity contribution in [2.75, 3.05) is 11.1 Å². The topological polar surface area (TPSA) is 38.0 Å². The van der Waals surface area contributed by atoms with Crippen molar-refractivity contribution in [1.29, 1.82) is 0 Å². The van der Waals surface area contributed by atoms with Gasteiger partial charge in [-0.2, -0.15) is 13.2 Å². The molecule has 0 radical (unpaired) electrons. The minimum atomic E-state index is -4.47. The smallest absolute Gasteiger partial charge is 0.395 e. The molecule has 0 saturated heterocycles. The summed E-state index contributed by atoms with van der Waals surface area (Å²) in [4.78, 5) is 0. The number of anilines is 2. The van der Waals surface area contributed by atoms with Crippen LogP contribution in [0.3, 0.4) is 0 Å². The van der Waals surface area contributed by atoms with E-state index in [2.05, 4.69) is 5.32 Å². The van der Waals surface area contributed by atoms with E-state index >= 15 is 0 Å². The molecule has 1 aromatic carbocycles. The Bertz CT molecular complexity index is 451. The summed E-state index contributed by atoms with van der Waals surface area (Å²) in [6, 6.07) is 1.28. The first-order valence-electron chi connectivity index (χ1n) is 4.85. The van der Waals surface area contributed by atoms with Crippen LogP contribution in [-0.4, -0.2) is 11.7 Å². The molecule has 0 spiro atoms. The fourth-order valence-corrected chi connectivity index (χ4v) is 1.55. The second-order valence-corrected chi connectivity index (χ2v) is 4.05. The highest BCUT2D eigenvalue weighted by Gasteiger charge is 2.63. The molecule has 1 saturated carbocycles. The van der Waals surface area contributed by atoms with Crippen LogP contribution in [0.5, 0.6) is 0 Å². The predicted molar refractivity (Wildman–Crippen MR) is 52.4 cm³/mol. The van der Waals surface area contributed by atoms with E-state index in [1.807, 2.05) is 0 Å². The molecule has 0 heterocycles. The molecular formula is C10H9F5N2. The fourth-order valence-electron chi connectivity index (χ4n) is 1.55. The Labute approximate surface area is 93.6 Å². The Kier molecular flexibility index (Phi) is 2.44. The molecule has 0 aliphatic heterocycles. The lowest BCUT2D eigenvalue weighted by molar-refractivity contribution is -0.151. The Morgan fingerprint density at radius 2 is 1.76 bits per heavy atom. The lowest BCUT2D eigenvalue weighted by atomic mass is 10.2. The van der Waals surface area contributed by atoms with Gasteiger partial charge >= 0.3 is 6.18 Å². The highest BCUT2D eigenvalue weighted by molar-refractivity contribution is 5.68. The van der Waals surface area contributed by atoms with Crippen LogP contribution in [0.25, 0.3) is 0 Å². The SMILES string of the molecule is Nc1c(F)cc(F)cc1NC1(C(F)(F)F)CC1. The second-order valence-electron chi connectivity index (χ2n) is 4.05. The van der Waals surface area contributed by atoms with Crippen LogP contribution in [0.1, 0.15) is 12.8 Å². The summed E-state index contributed by atoms with van der Waals surface area (Å²) < 4.78 is 63.8. The molecule has 17 heavy (non-hydrogen) atoms. The lowest BCUT2D eigenvalue weighted by Crippen LogP contribution is -2.38. The maximum atomic E-state index is 13.0. The minimum absolute atomic E-state index is 0.131. The van der Waals surface area contributed by atoms with Gasteiger partial charge in [0.05, 0.1) is 11.4 Å². The van der Waals surface area contributed by atoms with Gasteiger partial charge in [0.25, 0.3) is 0 Å². The van der Waals surface area contributed by atoms with E-state index in [0.717, 1.165) is 6.07 Å². The van der Waals surface area contributed by atoms with E-state index in [4.69, 9.17) is 5.73 Å². The molecule has 1 fully saturated rings. The fraction of sp³-hybridized carbons (Fsp3) is 0.400. The average Bonchev–Trinajstić information content (AvgIpc) is 2.93. The molecule has 3 N–H and O–H groups in total. The monoisotopic (exact) mass is 252 g/mol. The number of nitrogens with two attached hydrogens (primary N) is 1. The number of benzene rings is 1. The molecule has 1 aromatic rings. The van der Waals surface area contributed by atoms with Gasteiger partial charge in [0.2, 0.25) is 0 Å². The molecule has 0 atom stereocenters. The van der Waals surface area contributed by atoms with E-state index in [1.54, 1.807) is 0 Å². The van der Waals surface area contributed by atoms with E-state index in [0.29, 0.717) is 6.07 Å². The number of nitrogens with one attached hydrogen (secondary N) is 1. The molecule has 7 heteroatoms. The second kappa shape index (κ2) is 3.48. The quantitative estimate of drug-likeness (QED) is 0.627. The Hall–Kier alpha value is -1.53. The third-order valence-electron chi connectivity index (χ3n) is 2.76. The molecule has 0 bridgehead atoms. The van der Waals surface area contributed by atoms with Crippen LogP contribution in [0, 0.1) is 11.6 Å². The van der Waals surface area contributed by atoms with E-state index in [9.17, 15) is 22.0 Å². The molecule has 0 amide bonds. The molecule has 2 nitrogen and oxygen atoms in total. The van der Waals surface area contributed by atoms with Gasteiger partial charge in [0.1, 0.15) is 11.4 Å². The first kappa shape index (κ1) is 11.9. The van der Waals surface area contributed by atoms with E-state index in [1.165, 1.54) is 0 Å². The van der Waals surface area contributed by atoms with E-state index in [-0.39, 0.29) is 18.5 Å². The minimum Gasteiger partial charge on any atom is -0.395 e. The zero-order valence-electron chi connectivity index (χ0n) is 8.54. The van der Waals surface area contributed by atoms with Gasteiger partial charge in [-0.25, -0.2) is 8.78 Å². The van der Waals surface area contributed by atoms with Crippen LogP contribution in [0.4, 0.5) is 33.3 Å². The van der Waals surface area contributed by atoms with Crippen molar-refractivity contribution < 1.29 is 22.0 Å².